The number of anilines is 3. The maximum absolute atomic E-state index is 5.99. The van der Waals surface area contributed by atoms with Crippen molar-refractivity contribution in [1.82, 2.24) is 0 Å². The Hall–Kier alpha value is -0.760. The zero-order chi connectivity index (χ0) is 20.0. The van der Waals surface area contributed by atoms with Crippen LogP contribution in [0.3, 0.4) is 0 Å². The minimum absolute atomic E-state index is 0.808. The zero-order valence-corrected chi connectivity index (χ0v) is 19.8. The third-order valence-corrected chi connectivity index (χ3v) is 7.52. The summed E-state index contributed by atoms with van der Waals surface area (Å²) in [4.78, 5) is 4.63. The lowest BCUT2D eigenvalue weighted by Gasteiger charge is -2.12. The molecule has 3 nitrogen and oxygen atoms in total. The fourth-order valence-electron chi connectivity index (χ4n) is 2.43. The summed E-state index contributed by atoms with van der Waals surface area (Å²) in [5, 5.41) is 0. The second-order valence-corrected chi connectivity index (χ2v) is 9.06. The van der Waals surface area contributed by atoms with E-state index in [1.165, 1.54) is 20.9 Å². The molecule has 0 spiro atoms. The molecule has 0 aliphatic carbocycles. The van der Waals surface area contributed by atoms with Crippen molar-refractivity contribution in [3.8, 4) is 0 Å². The zero-order valence-electron chi connectivity index (χ0n) is 16.5. The van der Waals surface area contributed by atoms with E-state index in [4.69, 9.17) is 17.2 Å². The van der Waals surface area contributed by atoms with E-state index in [2.05, 4.69) is 32.4 Å². The third kappa shape index (κ3) is 5.15. The topological polar surface area (TPSA) is 78.1 Å². The number of nitrogens with two attached hydrogens (primary N) is 3. The highest BCUT2D eigenvalue weighted by Crippen LogP contribution is 2.38. The van der Waals surface area contributed by atoms with Crippen molar-refractivity contribution in [2.75, 3.05) is 42.2 Å². The van der Waals surface area contributed by atoms with Crippen molar-refractivity contribution in [2.45, 2.75) is 40.4 Å². The molecule has 0 bridgehead atoms. The van der Waals surface area contributed by atoms with Gasteiger partial charge in [-0.1, -0.05) is 0 Å². The second kappa shape index (κ2) is 10.5. The number of hydrogen-bond acceptors (Lipinski definition) is 7. The minimum Gasteiger partial charge on any atom is -0.398 e. The van der Waals surface area contributed by atoms with Crippen molar-refractivity contribution >= 4 is 64.1 Å². The second-order valence-electron chi connectivity index (χ2n) is 5.70. The Bertz CT molecular complexity index is 745. The van der Waals surface area contributed by atoms with Gasteiger partial charge in [0, 0.05) is 20.4 Å². The molecule has 0 saturated carbocycles. The molecule has 7 heteroatoms. The highest BCUT2D eigenvalue weighted by molar-refractivity contribution is 8.00. The molecule has 0 saturated heterocycles. The first kappa shape index (κ1) is 23.3. The largest absolute Gasteiger partial charge is 0.398 e. The Balaban J connectivity index is 0.000000260. The van der Waals surface area contributed by atoms with E-state index in [0.717, 1.165) is 32.4 Å². The van der Waals surface area contributed by atoms with E-state index in [1.54, 1.807) is 47.0 Å². The molecule has 0 aromatic heterocycles. The fourth-order valence-corrected chi connectivity index (χ4v) is 5.20. The summed E-state index contributed by atoms with van der Waals surface area (Å²) in [6.45, 7) is 6.22. The first-order valence-corrected chi connectivity index (χ1v) is 12.9. The van der Waals surface area contributed by atoms with Crippen molar-refractivity contribution in [3.05, 3.63) is 28.8 Å². The molecular formula is C19H29N3S4. The van der Waals surface area contributed by atoms with Gasteiger partial charge in [0.15, 0.2) is 0 Å². The van der Waals surface area contributed by atoms with Crippen LogP contribution in [0, 0.1) is 20.8 Å². The molecule has 2 rings (SSSR count). The van der Waals surface area contributed by atoms with Gasteiger partial charge < -0.3 is 17.2 Å². The highest BCUT2D eigenvalue weighted by Gasteiger charge is 2.10. The summed E-state index contributed by atoms with van der Waals surface area (Å²) in [5.74, 6) is 0. The Morgan fingerprint density at radius 1 is 0.577 bits per heavy atom. The Kier molecular flexibility index (Phi) is 9.44. The molecule has 0 aliphatic rings. The maximum atomic E-state index is 5.99. The predicted molar refractivity (Wildman–Crippen MR) is 127 cm³/mol. The predicted octanol–water partition coefficient (Wildman–Crippen LogP) is 5.93. The number of hydrogen-bond donors (Lipinski definition) is 3. The van der Waals surface area contributed by atoms with Crippen LogP contribution in [0.2, 0.25) is 0 Å². The van der Waals surface area contributed by atoms with Crippen LogP contribution in [-0.4, -0.2) is 25.0 Å². The quantitative estimate of drug-likeness (QED) is 0.412. The normalized spacial score (nSPS) is 10.4. The van der Waals surface area contributed by atoms with Crippen LogP contribution in [0.4, 0.5) is 17.1 Å². The molecule has 0 unspecified atom stereocenters. The SMILES string of the molecule is CSc1cc(C)c(N)c(SC)c1N.CSc1cc(SC)c(N)c(C)c1C. The van der Waals surface area contributed by atoms with E-state index in [9.17, 15) is 0 Å². The summed E-state index contributed by atoms with van der Waals surface area (Å²) < 4.78 is 0. The number of thioether (sulfide) groups is 4. The van der Waals surface area contributed by atoms with Crippen molar-refractivity contribution in [2.24, 2.45) is 0 Å². The first-order chi connectivity index (χ1) is 12.2. The molecular weight excluding hydrogens is 398 g/mol. The molecule has 0 fully saturated rings. The Morgan fingerprint density at radius 2 is 1.08 bits per heavy atom. The summed E-state index contributed by atoms with van der Waals surface area (Å²) in [5.41, 5.74) is 24.0. The van der Waals surface area contributed by atoms with Gasteiger partial charge in [-0.25, -0.2) is 0 Å². The number of aryl methyl sites for hydroxylation is 1. The van der Waals surface area contributed by atoms with Gasteiger partial charge in [0.1, 0.15) is 0 Å². The van der Waals surface area contributed by atoms with Crippen LogP contribution in [0.25, 0.3) is 0 Å². The Labute approximate surface area is 175 Å². The highest BCUT2D eigenvalue weighted by atomic mass is 32.2. The van der Waals surface area contributed by atoms with Crippen LogP contribution in [0.15, 0.2) is 31.7 Å². The van der Waals surface area contributed by atoms with E-state index in [-0.39, 0.29) is 0 Å². The summed E-state index contributed by atoms with van der Waals surface area (Å²) in [6.07, 6.45) is 8.17. The summed E-state index contributed by atoms with van der Waals surface area (Å²) >= 11 is 6.74. The standard InChI is InChI=1S/C10H15NS2.C9H14N2S2/c1-6-7(2)10(11)9(13-4)5-8(6)12-3;1-5-4-6(12-2)8(11)9(13-3)7(5)10/h5H,11H2,1-4H3;4H,10-11H2,1-3H3. The average molecular weight is 428 g/mol. The van der Waals surface area contributed by atoms with Crippen LogP contribution in [0.5, 0.6) is 0 Å². The lowest BCUT2D eigenvalue weighted by atomic mass is 10.1. The fraction of sp³-hybridized carbons (Fsp3) is 0.368. The maximum Gasteiger partial charge on any atom is 0.0611 e. The minimum atomic E-state index is 0.808. The van der Waals surface area contributed by atoms with Gasteiger partial charge in [0.2, 0.25) is 0 Å². The van der Waals surface area contributed by atoms with Crippen LogP contribution < -0.4 is 17.2 Å². The lowest BCUT2D eigenvalue weighted by Crippen LogP contribution is -1.99. The van der Waals surface area contributed by atoms with Crippen LogP contribution >= 0.6 is 47.0 Å². The first-order valence-electron chi connectivity index (χ1n) is 7.97. The molecule has 0 heterocycles. The van der Waals surface area contributed by atoms with Crippen LogP contribution in [0.1, 0.15) is 16.7 Å². The van der Waals surface area contributed by atoms with Gasteiger partial charge in [0.25, 0.3) is 0 Å². The van der Waals surface area contributed by atoms with E-state index in [0.29, 0.717) is 0 Å². The molecule has 0 atom stereocenters. The molecule has 6 N–H and O–H groups in total. The third-order valence-electron chi connectivity index (χ3n) is 4.25. The molecule has 144 valence electrons. The average Bonchev–Trinajstić information content (AvgIpc) is 2.64. The Morgan fingerprint density at radius 3 is 1.54 bits per heavy atom. The van der Waals surface area contributed by atoms with Crippen molar-refractivity contribution in [3.63, 3.8) is 0 Å². The van der Waals surface area contributed by atoms with Gasteiger partial charge >= 0.3 is 0 Å². The van der Waals surface area contributed by atoms with E-state index >= 15 is 0 Å². The summed E-state index contributed by atoms with van der Waals surface area (Å²) in [6, 6.07) is 4.21. The summed E-state index contributed by atoms with van der Waals surface area (Å²) in [7, 11) is 0. The van der Waals surface area contributed by atoms with Gasteiger partial charge in [-0.05, 0) is 74.6 Å². The molecule has 0 aliphatic heterocycles. The van der Waals surface area contributed by atoms with Crippen molar-refractivity contribution < 1.29 is 0 Å². The van der Waals surface area contributed by atoms with Gasteiger partial charge in [-0.15, -0.1) is 47.0 Å². The number of rotatable bonds is 4. The monoisotopic (exact) mass is 427 g/mol. The van der Waals surface area contributed by atoms with Crippen molar-refractivity contribution in [1.29, 1.82) is 0 Å². The molecule has 0 radical (unpaired) electrons. The number of benzene rings is 2. The lowest BCUT2D eigenvalue weighted by molar-refractivity contribution is 1.18. The molecule has 0 amide bonds. The number of nitrogen functional groups attached to an aromatic ring is 3. The molecule has 26 heavy (non-hydrogen) atoms. The van der Waals surface area contributed by atoms with E-state index < -0.39 is 0 Å². The van der Waals surface area contributed by atoms with Gasteiger partial charge in [-0.3, -0.25) is 0 Å². The van der Waals surface area contributed by atoms with E-state index in [1.807, 2.05) is 25.5 Å². The molecule has 2 aromatic rings. The van der Waals surface area contributed by atoms with Gasteiger partial charge in [-0.2, -0.15) is 0 Å². The van der Waals surface area contributed by atoms with Crippen LogP contribution in [-0.2, 0) is 0 Å². The van der Waals surface area contributed by atoms with Gasteiger partial charge in [0.05, 0.1) is 16.3 Å². The smallest absolute Gasteiger partial charge is 0.0611 e. The molecule has 2 aromatic carbocycles.